The van der Waals surface area contributed by atoms with Crippen LogP contribution in [0.3, 0.4) is 0 Å². The molecule has 0 aliphatic carbocycles. The fourth-order valence-corrected chi connectivity index (χ4v) is 1.55. The summed E-state index contributed by atoms with van der Waals surface area (Å²) in [6.07, 6.45) is 3.44. The van der Waals surface area contributed by atoms with E-state index in [1.54, 1.807) is 12.4 Å². The smallest absolute Gasteiger partial charge is 0.308 e. The molecule has 16 heavy (non-hydrogen) atoms. The summed E-state index contributed by atoms with van der Waals surface area (Å²) in [7, 11) is 1.88. The largest absolute Gasteiger partial charge is 0.481 e. The second-order valence-electron chi connectivity index (χ2n) is 4.28. The highest BCUT2D eigenvalue weighted by Gasteiger charge is 2.23. The molecule has 1 heterocycles. The highest BCUT2D eigenvalue weighted by Crippen LogP contribution is 2.16. The molecule has 0 radical (unpaired) electrons. The highest BCUT2D eigenvalue weighted by molar-refractivity contribution is 5.71. The lowest BCUT2D eigenvalue weighted by molar-refractivity contribution is -0.142. The van der Waals surface area contributed by atoms with E-state index in [9.17, 15) is 4.79 Å². The van der Waals surface area contributed by atoms with Gasteiger partial charge in [0.05, 0.1) is 17.8 Å². The van der Waals surface area contributed by atoms with Crippen molar-refractivity contribution in [1.29, 1.82) is 0 Å². The molecule has 1 aromatic heterocycles. The zero-order chi connectivity index (χ0) is 12.1. The van der Waals surface area contributed by atoms with Gasteiger partial charge in [0.1, 0.15) is 0 Å². The lowest BCUT2D eigenvalue weighted by atomic mass is 9.95. The van der Waals surface area contributed by atoms with Gasteiger partial charge in [0.2, 0.25) is 0 Å². The molecule has 0 aromatic carbocycles. The zero-order valence-corrected chi connectivity index (χ0v) is 9.92. The van der Waals surface area contributed by atoms with Gasteiger partial charge in [0.25, 0.3) is 0 Å². The molecule has 1 aromatic rings. The van der Waals surface area contributed by atoms with Crippen molar-refractivity contribution in [1.82, 2.24) is 4.98 Å². The summed E-state index contributed by atoms with van der Waals surface area (Å²) in [4.78, 5) is 17.0. The quantitative estimate of drug-likeness (QED) is 0.826. The Labute approximate surface area is 95.9 Å². The van der Waals surface area contributed by atoms with Gasteiger partial charge >= 0.3 is 5.97 Å². The Balaban J connectivity index is 2.69. The van der Waals surface area contributed by atoms with E-state index in [1.165, 1.54) is 0 Å². The van der Waals surface area contributed by atoms with Crippen LogP contribution in [0.25, 0.3) is 0 Å². The first-order valence-corrected chi connectivity index (χ1v) is 5.36. The average Bonchev–Trinajstić information content (AvgIpc) is 2.25. The van der Waals surface area contributed by atoms with Crippen LogP contribution in [0.2, 0.25) is 0 Å². The molecular weight excluding hydrogens is 204 g/mol. The lowest BCUT2D eigenvalue weighted by Crippen LogP contribution is -2.33. The fraction of sp³-hybridized carbons (Fsp3) is 0.500. The van der Waals surface area contributed by atoms with Crippen molar-refractivity contribution in [2.75, 3.05) is 18.5 Å². The zero-order valence-electron chi connectivity index (χ0n) is 9.92. The van der Waals surface area contributed by atoms with Crippen molar-refractivity contribution in [3.05, 3.63) is 24.5 Å². The van der Waals surface area contributed by atoms with Crippen LogP contribution < -0.4 is 4.90 Å². The molecule has 0 amide bonds. The van der Waals surface area contributed by atoms with Crippen molar-refractivity contribution < 1.29 is 9.90 Å². The van der Waals surface area contributed by atoms with E-state index in [4.69, 9.17) is 5.11 Å². The molecule has 1 N–H and O–H groups in total. The van der Waals surface area contributed by atoms with E-state index in [0.717, 1.165) is 5.69 Å². The predicted molar refractivity (Wildman–Crippen MR) is 63.5 cm³/mol. The monoisotopic (exact) mass is 222 g/mol. The maximum absolute atomic E-state index is 11.1. The topological polar surface area (TPSA) is 53.4 Å². The molecule has 1 atom stereocenters. The van der Waals surface area contributed by atoms with Crippen molar-refractivity contribution in [3.8, 4) is 0 Å². The summed E-state index contributed by atoms with van der Waals surface area (Å²) < 4.78 is 0. The summed E-state index contributed by atoms with van der Waals surface area (Å²) in [6, 6.07) is 3.77. The van der Waals surface area contributed by atoms with E-state index in [0.29, 0.717) is 6.54 Å². The number of hydrogen-bond acceptors (Lipinski definition) is 3. The Morgan fingerprint density at radius 1 is 1.56 bits per heavy atom. The highest BCUT2D eigenvalue weighted by atomic mass is 16.4. The van der Waals surface area contributed by atoms with Gasteiger partial charge in [-0.05, 0) is 18.1 Å². The van der Waals surface area contributed by atoms with Gasteiger partial charge in [-0.2, -0.15) is 0 Å². The van der Waals surface area contributed by atoms with Gasteiger partial charge in [0.15, 0.2) is 0 Å². The van der Waals surface area contributed by atoms with Crippen LogP contribution in [0.15, 0.2) is 24.5 Å². The summed E-state index contributed by atoms with van der Waals surface area (Å²) in [5, 5.41) is 9.10. The summed E-state index contributed by atoms with van der Waals surface area (Å²) in [5.74, 6) is -0.979. The van der Waals surface area contributed by atoms with E-state index in [1.807, 2.05) is 37.9 Å². The Bertz CT molecular complexity index is 338. The molecule has 1 unspecified atom stereocenters. The van der Waals surface area contributed by atoms with Crippen molar-refractivity contribution in [2.45, 2.75) is 13.8 Å². The van der Waals surface area contributed by atoms with Crippen LogP contribution in [-0.2, 0) is 4.79 Å². The number of carbonyl (C=O) groups is 1. The normalized spacial score (nSPS) is 12.5. The number of aliphatic carboxylic acids is 1. The molecule has 0 bridgehead atoms. The molecule has 0 saturated carbocycles. The summed E-state index contributed by atoms with van der Waals surface area (Å²) in [5.41, 5.74) is 0.939. The molecule has 0 aliphatic rings. The number of pyridine rings is 1. The molecule has 0 fully saturated rings. The van der Waals surface area contributed by atoms with E-state index < -0.39 is 5.97 Å². The molecule has 1 rings (SSSR count). The minimum absolute atomic E-state index is 0.122. The maximum Gasteiger partial charge on any atom is 0.308 e. The molecule has 4 heteroatoms. The molecule has 88 valence electrons. The van der Waals surface area contributed by atoms with Crippen LogP contribution in [0.5, 0.6) is 0 Å². The fourth-order valence-electron chi connectivity index (χ4n) is 1.55. The Morgan fingerprint density at radius 3 is 2.69 bits per heavy atom. The SMILES string of the molecule is CC(C)C(CN(C)c1cccnc1)C(=O)O. The average molecular weight is 222 g/mol. The van der Waals surface area contributed by atoms with Crippen LogP contribution in [0.4, 0.5) is 5.69 Å². The molecule has 0 aliphatic heterocycles. The third-order valence-corrected chi connectivity index (χ3v) is 2.68. The van der Waals surface area contributed by atoms with Crippen molar-refractivity contribution >= 4 is 11.7 Å². The van der Waals surface area contributed by atoms with Crippen LogP contribution in [-0.4, -0.2) is 29.7 Å². The Kier molecular flexibility index (Phi) is 4.28. The van der Waals surface area contributed by atoms with Gasteiger partial charge in [-0.15, -0.1) is 0 Å². The number of nitrogens with zero attached hydrogens (tertiary/aromatic N) is 2. The van der Waals surface area contributed by atoms with Gasteiger partial charge in [0, 0.05) is 19.8 Å². The number of rotatable bonds is 5. The second kappa shape index (κ2) is 5.49. The third kappa shape index (κ3) is 3.22. The summed E-state index contributed by atoms with van der Waals surface area (Å²) in [6.45, 7) is 4.35. The molecule has 0 saturated heterocycles. The molecule has 0 spiro atoms. The number of aromatic nitrogens is 1. The van der Waals surface area contributed by atoms with E-state index in [2.05, 4.69) is 4.98 Å². The van der Waals surface area contributed by atoms with Gasteiger partial charge in [-0.25, -0.2) is 0 Å². The van der Waals surface area contributed by atoms with Crippen molar-refractivity contribution in [2.24, 2.45) is 11.8 Å². The van der Waals surface area contributed by atoms with Gasteiger partial charge in [-0.1, -0.05) is 13.8 Å². The lowest BCUT2D eigenvalue weighted by Gasteiger charge is -2.25. The number of carboxylic acids is 1. The van der Waals surface area contributed by atoms with Crippen molar-refractivity contribution in [3.63, 3.8) is 0 Å². The Morgan fingerprint density at radius 2 is 2.25 bits per heavy atom. The van der Waals surface area contributed by atoms with Crippen LogP contribution in [0, 0.1) is 11.8 Å². The maximum atomic E-state index is 11.1. The van der Waals surface area contributed by atoms with E-state index >= 15 is 0 Å². The third-order valence-electron chi connectivity index (χ3n) is 2.68. The standard InChI is InChI=1S/C12H18N2O2/c1-9(2)11(12(15)16)8-14(3)10-5-4-6-13-7-10/h4-7,9,11H,8H2,1-3H3,(H,15,16). The number of hydrogen-bond donors (Lipinski definition) is 1. The van der Waals surface area contributed by atoms with Gasteiger partial charge in [-0.3, -0.25) is 9.78 Å². The molecular formula is C12H18N2O2. The molecule has 4 nitrogen and oxygen atoms in total. The first-order chi connectivity index (χ1) is 7.52. The minimum atomic E-state index is -0.745. The minimum Gasteiger partial charge on any atom is -0.481 e. The number of carboxylic acid groups (broad SMARTS) is 1. The van der Waals surface area contributed by atoms with E-state index in [-0.39, 0.29) is 11.8 Å². The van der Waals surface area contributed by atoms with Gasteiger partial charge < -0.3 is 10.0 Å². The first kappa shape index (κ1) is 12.5. The van der Waals surface area contributed by atoms with Crippen LogP contribution in [0.1, 0.15) is 13.8 Å². The summed E-state index contributed by atoms with van der Waals surface area (Å²) >= 11 is 0. The Hall–Kier alpha value is -1.58. The van der Waals surface area contributed by atoms with Crippen LogP contribution >= 0.6 is 0 Å². The second-order valence-corrected chi connectivity index (χ2v) is 4.28. The number of anilines is 1. The predicted octanol–water partition coefficient (Wildman–Crippen LogP) is 1.87. The first-order valence-electron chi connectivity index (χ1n) is 5.36.